The van der Waals surface area contributed by atoms with Crippen molar-refractivity contribution in [2.24, 2.45) is 0 Å². The minimum absolute atomic E-state index is 0.0212. The van der Waals surface area contributed by atoms with Gasteiger partial charge < -0.3 is 5.32 Å². The average molecular weight is 445 g/mol. The first kappa shape index (κ1) is 20.2. The number of hydrogen-bond donors (Lipinski definition) is 1. The normalized spacial score (nSPS) is 15.1. The number of fused-ring (bicyclic) bond motifs is 1. The minimum atomic E-state index is -1.09. The minimum Gasteiger partial charge on any atom is -0.306 e. The molecule has 8 nitrogen and oxygen atoms in total. The van der Waals surface area contributed by atoms with Gasteiger partial charge in [-0.25, -0.2) is 4.68 Å². The van der Waals surface area contributed by atoms with Gasteiger partial charge in [0.25, 0.3) is 11.6 Å². The number of non-ortho nitro benzene ring substituents is 1. The molecule has 0 bridgehead atoms. The van der Waals surface area contributed by atoms with Crippen LogP contribution >= 0.6 is 11.6 Å². The van der Waals surface area contributed by atoms with Crippen molar-refractivity contribution in [1.82, 2.24) is 9.78 Å². The van der Waals surface area contributed by atoms with E-state index in [0.717, 1.165) is 22.9 Å². The summed E-state index contributed by atoms with van der Waals surface area (Å²) in [6, 6.07) is 9.53. The molecule has 2 heterocycles. The first-order chi connectivity index (χ1) is 14.2. The third-order valence-corrected chi connectivity index (χ3v) is 6.42. The van der Waals surface area contributed by atoms with Gasteiger partial charge in [0.15, 0.2) is 0 Å². The molecule has 0 aliphatic carbocycles. The molecule has 10 heteroatoms. The molecule has 2 aromatic carbocycles. The molecule has 0 radical (unpaired) electrons. The Morgan fingerprint density at radius 3 is 2.70 bits per heavy atom. The lowest BCUT2D eigenvalue weighted by Crippen LogP contribution is -2.17. The molecule has 154 valence electrons. The Morgan fingerprint density at radius 1 is 1.23 bits per heavy atom. The van der Waals surface area contributed by atoms with E-state index in [4.69, 9.17) is 11.6 Å². The summed E-state index contributed by atoms with van der Waals surface area (Å²) in [6.45, 7) is 3.92. The summed E-state index contributed by atoms with van der Waals surface area (Å²) in [6.07, 6.45) is 0. The molecular formula is C20H17ClN4O4S. The zero-order valence-corrected chi connectivity index (χ0v) is 17.7. The van der Waals surface area contributed by atoms with Crippen molar-refractivity contribution in [1.29, 1.82) is 0 Å². The second-order valence-corrected chi connectivity index (χ2v) is 8.94. The highest BCUT2D eigenvalue weighted by Crippen LogP contribution is 2.33. The fourth-order valence-electron chi connectivity index (χ4n) is 3.45. The van der Waals surface area contributed by atoms with E-state index in [9.17, 15) is 19.1 Å². The molecule has 1 atom stereocenters. The lowest BCUT2D eigenvalue weighted by Gasteiger charge is -2.14. The number of hydrogen-bond acceptors (Lipinski definition) is 5. The molecule has 0 spiro atoms. The summed E-state index contributed by atoms with van der Waals surface area (Å²) < 4.78 is 13.7. The predicted molar refractivity (Wildman–Crippen MR) is 115 cm³/mol. The zero-order chi connectivity index (χ0) is 21.6. The van der Waals surface area contributed by atoms with Gasteiger partial charge in [0.2, 0.25) is 0 Å². The van der Waals surface area contributed by atoms with Gasteiger partial charge in [0, 0.05) is 28.5 Å². The SMILES string of the molecule is Cc1ccc(-n2nc3c(c2NC(=O)c2cc([N+](=O)[O-])ccc2Cl)CS(=O)C3)c(C)c1. The molecule has 4 rings (SSSR count). The van der Waals surface area contributed by atoms with E-state index in [0.29, 0.717) is 22.8 Å². The first-order valence-corrected chi connectivity index (χ1v) is 10.9. The van der Waals surface area contributed by atoms with E-state index in [1.807, 2.05) is 32.0 Å². The van der Waals surface area contributed by atoms with E-state index in [1.165, 1.54) is 12.1 Å². The van der Waals surface area contributed by atoms with Gasteiger partial charge in [0.1, 0.15) is 5.82 Å². The van der Waals surface area contributed by atoms with Gasteiger partial charge in [0.05, 0.1) is 38.4 Å². The van der Waals surface area contributed by atoms with E-state index >= 15 is 0 Å². The van der Waals surface area contributed by atoms with Crippen LogP contribution in [-0.4, -0.2) is 24.8 Å². The number of nitrogens with one attached hydrogen (secondary N) is 1. The summed E-state index contributed by atoms with van der Waals surface area (Å²) in [5, 5.41) is 18.6. The fourth-order valence-corrected chi connectivity index (χ4v) is 4.92. The second-order valence-electron chi connectivity index (χ2n) is 7.08. The Labute approximate surface area is 179 Å². The highest BCUT2D eigenvalue weighted by molar-refractivity contribution is 7.83. The van der Waals surface area contributed by atoms with Gasteiger partial charge in [-0.15, -0.1) is 0 Å². The Morgan fingerprint density at radius 2 is 2.00 bits per heavy atom. The van der Waals surface area contributed by atoms with Crippen LogP contribution in [0.25, 0.3) is 5.69 Å². The number of rotatable bonds is 4. The lowest BCUT2D eigenvalue weighted by molar-refractivity contribution is -0.384. The van der Waals surface area contributed by atoms with Gasteiger partial charge in [-0.2, -0.15) is 5.10 Å². The highest BCUT2D eigenvalue weighted by atomic mass is 35.5. The predicted octanol–water partition coefficient (Wildman–Crippen LogP) is 4.07. The van der Waals surface area contributed by atoms with Gasteiger partial charge in [-0.3, -0.25) is 19.1 Å². The molecule has 30 heavy (non-hydrogen) atoms. The number of amides is 1. The Kier molecular flexibility index (Phi) is 5.17. The quantitative estimate of drug-likeness (QED) is 0.482. The number of nitrogens with zero attached hydrogens (tertiary/aromatic N) is 3. The van der Waals surface area contributed by atoms with Crippen LogP contribution in [0.3, 0.4) is 0 Å². The number of aromatic nitrogens is 2. The number of halogens is 1. The number of carbonyl (C=O) groups excluding carboxylic acids is 1. The van der Waals surface area contributed by atoms with Crippen LogP contribution in [0.15, 0.2) is 36.4 Å². The van der Waals surface area contributed by atoms with Crippen molar-refractivity contribution < 1.29 is 13.9 Å². The Bertz CT molecular complexity index is 1240. The molecule has 1 aliphatic heterocycles. The molecule has 1 N–H and O–H groups in total. The number of aryl methyl sites for hydroxylation is 2. The van der Waals surface area contributed by atoms with Gasteiger partial charge in [-0.05, 0) is 31.5 Å². The molecule has 0 fully saturated rings. The fraction of sp³-hybridized carbons (Fsp3) is 0.200. The molecule has 1 aromatic heterocycles. The van der Waals surface area contributed by atoms with Crippen molar-refractivity contribution in [3.05, 3.63) is 79.5 Å². The lowest BCUT2D eigenvalue weighted by atomic mass is 10.1. The third kappa shape index (κ3) is 3.61. The number of nitro benzene ring substituents is 1. The largest absolute Gasteiger partial charge is 0.306 e. The van der Waals surface area contributed by atoms with Crippen LogP contribution in [0.4, 0.5) is 11.5 Å². The summed E-state index contributed by atoms with van der Waals surface area (Å²) in [4.78, 5) is 23.5. The van der Waals surface area contributed by atoms with Crippen LogP contribution in [0, 0.1) is 24.0 Å². The maximum Gasteiger partial charge on any atom is 0.270 e. The van der Waals surface area contributed by atoms with Crippen LogP contribution in [0.2, 0.25) is 5.02 Å². The van der Waals surface area contributed by atoms with E-state index in [2.05, 4.69) is 10.4 Å². The Balaban J connectivity index is 1.79. The summed E-state index contributed by atoms with van der Waals surface area (Å²) in [7, 11) is -1.09. The second kappa shape index (κ2) is 7.66. The molecule has 3 aromatic rings. The molecule has 1 amide bonds. The van der Waals surface area contributed by atoms with Crippen molar-refractivity contribution in [3.63, 3.8) is 0 Å². The maximum atomic E-state index is 13.0. The summed E-state index contributed by atoms with van der Waals surface area (Å²) in [5.74, 6) is 0.386. The Hall–Kier alpha value is -3.04. The van der Waals surface area contributed by atoms with Crippen LogP contribution < -0.4 is 5.32 Å². The third-order valence-electron chi connectivity index (χ3n) is 4.89. The van der Waals surface area contributed by atoms with E-state index < -0.39 is 21.6 Å². The van der Waals surface area contributed by atoms with Crippen molar-refractivity contribution in [3.8, 4) is 5.69 Å². The standard InChI is InChI=1S/C20H17ClN4O4S/c1-11-3-6-18(12(2)7-11)24-19(15-9-30(29)10-17(15)23-24)22-20(26)14-8-13(25(27)28)4-5-16(14)21/h3-8H,9-10H2,1-2H3,(H,22,26). The van der Waals surface area contributed by atoms with E-state index in [1.54, 1.807) is 4.68 Å². The monoisotopic (exact) mass is 444 g/mol. The van der Waals surface area contributed by atoms with E-state index in [-0.39, 0.29) is 22.0 Å². The van der Waals surface area contributed by atoms with Crippen molar-refractivity contribution in [2.75, 3.05) is 5.32 Å². The summed E-state index contributed by atoms with van der Waals surface area (Å²) >= 11 is 6.12. The van der Waals surface area contributed by atoms with Crippen LogP contribution in [0.5, 0.6) is 0 Å². The number of nitro groups is 1. The molecule has 1 aliphatic rings. The van der Waals surface area contributed by atoms with Gasteiger partial charge in [-0.1, -0.05) is 29.3 Å². The molecule has 0 saturated heterocycles. The summed E-state index contributed by atoms with van der Waals surface area (Å²) in [5.41, 5.74) is 3.93. The van der Waals surface area contributed by atoms with Gasteiger partial charge >= 0.3 is 0 Å². The van der Waals surface area contributed by atoms with Crippen LogP contribution in [-0.2, 0) is 22.3 Å². The molecular weight excluding hydrogens is 428 g/mol. The van der Waals surface area contributed by atoms with Crippen LogP contribution in [0.1, 0.15) is 32.7 Å². The zero-order valence-electron chi connectivity index (χ0n) is 16.1. The van der Waals surface area contributed by atoms with Crippen molar-refractivity contribution >= 4 is 39.8 Å². The smallest absolute Gasteiger partial charge is 0.270 e. The number of anilines is 1. The topological polar surface area (TPSA) is 107 Å². The van der Waals surface area contributed by atoms with Crippen molar-refractivity contribution in [2.45, 2.75) is 25.4 Å². The highest BCUT2D eigenvalue weighted by Gasteiger charge is 2.29. The number of carbonyl (C=O) groups is 1. The molecule has 1 unspecified atom stereocenters. The average Bonchev–Trinajstić information content (AvgIpc) is 3.19. The first-order valence-electron chi connectivity index (χ1n) is 9.03. The maximum absolute atomic E-state index is 13.0. The molecule has 0 saturated carbocycles. The number of benzene rings is 2.